The van der Waals surface area contributed by atoms with Crippen molar-refractivity contribution in [2.24, 2.45) is 0 Å². The molecule has 0 aromatic carbocycles. The van der Waals surface area contributed by atoms with Crippen molar-refractivity contribution in [3.8, 4) is 0 Å². The van der Waals surface area contributed by atoms with Crippen molar-refractivity contribution >= 4 is 9.84 Å². The van der Waals surface area contributed by atoms with Crippen molar-refractivity contribution in [3.63, 3.8) is 0 Å². The zero-order valence-corrected chi connectivity index (χ0v) is 9.01. The van der Waals surface area contributed by atoms with Crippen LogP contribution in [-0.4, -0.2) is 57.7 Å². The Morgan fingerprint density at radius 2 is 2.23 bits per heavy atom. The van der Waals surface area contributed by atoms with Gasteiger partial charge in [-0.1, -0.05) is 0 Å². The van der Waals surface area contributed by atoms with Gasteiger partial charge in [0.15, 0.2) is 0 Å². The summed E-state index contributed by atoms with van der Waals surface area (Å²) in [5, 5.41) is 0. The highest BCUT2D eigenvalue weighted by Gasteiger charge is 2.17. The lowest BCUT2D eigenvalue weighted by Crippen LogP contribution is -2.42. The molecule has 0 spiro atoms. The Hall–Kier alpha value is -0.130. The van der Waals surface area contributed by atoms with E-state index in [4.69, 9.17) is 4.74 Å². The summed E-state index contributed by atoms with van der Waals surface area (Å²) < 4.78 is 27.1. The van der Waals surface area contributed by atoms with E-state index in [2.05, 4.69) is 4.90 Å². The second-order valence-corrected chi connectivity index (χ2v) is 5.87. The molecule has 1 saturated heterocycles. The van der Waals surface area contributed by atoms with Gasteiger partial charge in [0.25, 0.3) is 0 Å². The van der Waals surface area contributed by atoms with E-state index in [1.165, 1.54) is 6.26 Å². The summed E-state index contributed by atoms with van der Waals surface area (Å²) >= 11 is 0. The van der Waals surface area contributed by atoms with Gasteiger partial charge in [-0.3, -0.25) is 4.90 Å². The number of sulfone groups is 1. The number of morpholine rings is 1. The Kier molecular flexibility index (Phi) is 3.70. The molecule has 1 atom stereocenters. The number of rotatable bonds is 3. The Labute approximate surface area is 79.8 Å². The highest BCUT2D eigenvalue weighted by Crippen LogP contribution is 2.03. The maximum atomic E-state index is 10.9. The van der Waals surface area contributed by atoms with Crippen molar-refractivity contribution in [1.29, 1.82) is 0 Å². The molecule has 13 heavy (non-hydrogen) atoms. The van der Waals surface area contributed by atoms with Crippen LogP contribution in [0.5, 0.6) is 0 Å². The zero-order valence-electron chi connectivity index (χ0n) is 8.19. The first-order chi connectivity index (χ1) is 5.97. The molecular formula is C8H17NO3S. The number of ether oxygens (including phenoxy) is 1. The molecule has 0 N–H and O–H groups in total. The summed E-state index contributed by atoms with van der Waals surface area (Å²) in [4.78, 5) is 2.13. The van der Waals surface area contributed by atoms with Crippen LogP contribution in [0.25, 0.3) is 0 Å². The Morgan fingerprint density at radius 3 is 2.77 bits per heavy atom. The van der Waals surface area contributed by atoms with Crippen molar-refractivity contribution in [2.75, 3.05) is 38.2 Å². The molecule has 1 rings (SSSR count). The summed E-state index contributed by atoms with van der Waals surface area (Å²) in [6.45, 7) is 5.04. The largest absolute Gasteiger partial charge is 0.376 e. The van der Waals surface area contributed by atoms with Gasteiger partial charge >= 0.3 is 0 Å². The van der Waals surface area contributed by atoms with Crippen LogP contribution in [0.15, 0.2) is 0 Å². The zero-order chi connectivity index (χ0) is 9.90. The third-order valence-electron chi connectivity index (χ3n) is 2.10. The molecule has 0 aromatic heterocycles. The molecule has 0 unspecified atom stereocenters. The molecule has 0 aliphatic carbocycles. The van der Waals surface area contributed by atoms with E-state index in [1.54, 1.807) is 0 Å². The minimum atomic E-state index is -2.82. The van der Waals surface area contributed by atoms with Crippen LogP contribution in [-0.2, 0) is 14.6 Å². The molecule has 1 aliphatic rings. The first-order valence-corrected chi connectivity index (χ1v) is 6.55. The minimum absolute atomic E-state index is 0.230. The van der Waals surface area contributed by atoms with Gasteiger partial charge in [-0.25, -0.2) is 8.42 Å². The summed E-state index contributed by atoms with van der Waals surface area (Å²) in [5.74, 6) is 0.250. The van der Waals surface area contributed by atoms with E-state index in [0.29, 0.717) is 13.2 Å². The van der Waals surface area contributed by atoms with Gasteiger partial charge in [0.2, 0.25) is 0 Å². The summed E-state index contributed by atoms with van der Waals surface area (Å²) in [5.41, 5.74) is 0. The van der Waals surface area contributed by atoms with Crippen LogP contribution in [0.3, 0.4) is 0 Å². The highest BCUT2D eigenvalue weighted by molar-refractivity contribution is 7.90. The number of hydrogen-bond acceptors (Lipinski definition) is 4. The van der Waals surface area contributed by atoms with Crippen LogP contribution < -0.4 is 0 Å². The van der Waals surface area contributed by atoms with E-state index in [-0.39, 0.29) is 11.9 Å². The summed E-state index contributed by atoms with van der Waals surface area (Å²) in [6, 6.07) is 0. The lowest BCUT2D eigenvalue weighted by Gasteiger charge is -2.30. The maximum Gasteiger partial charge on any atom is 0.148 e. The lowest BCUT2D eigenvalue weighted by molar-refractivity contribution is -0.0159. The fraction of sp³-hybridized carbons (Fsp3) is 1.00. The molecule has 1 heterocycles. The first kappa shape index (κ1) is 10.9. The number of hydrogen-bond donors (Lipinski definition) is 0. The predicted octanol–water partition coefficient (Wildman–Crippen LogP) is -0.248. The molecule has 0 bridgehead atoms. The van der Waals surface area contributed by atoms with Gasteiger partial charge in [-0.2, -0.15) is 0 Å². The van der Waals surface area contributed by atoms with Gasteiger partial charge in [-0.15, -0.1) is 0 Å². The predicted molar refractivity (Wildman–Crippen MR) is 51.6 cm³/mol. The van der Waals surface area contributed by atoms with Gasteiger partial charge in [0, 0.05) is 25.9 Å². The quantitative estimate of drug-likeness (QED) is 0.640. The smallest absolute Gasteiger partial charge is 0.148 e. The summed E-state index contributed by atoms with van der Waals surface area (Å²) in [7, 11) is -2.82. The van der Waals surface area contributed by atoms with Crippen molar-refractivity contribution in [3.05, 3.63) is 0 Å². The van der Waals surface area contributed by atoms with E-state index in [0.717, 1.165) is 13.1 Å². The van der Waals surface area contributed by atoms with E-state index in [9.17, 15) is 8.42 Å². The van der Waals surface area contributed by atoms with E-state index >= 15 is 0 Å². The van der Waals surface area contributed by atoms with Gasteiger partial charge < -0.3 is 4.74 Å². The third kappa shape index (κ3) is 4.59. The van der Waals surface area contributed by atoms with Crippen LogP contribution in [0.2, 0.25) is 0 Å². The monoisotopic (exact) mass is 207 g/mol. The van der Waals surface area contributed by atoms with Crippen LogP contribution >= 0.6 is 0 Å². The molecule has 0 amide bonds. The molecule has 1 aliphatic heterocycles. The SMILES string of the molecule is C[C@@H]1CN(CCS(C)(=O)=O)CCO1. The van der Waals surface area contributed by atoms with E-state index < -0.39 is 9.84 Å². The molecule has 5 heteroatoms. The standard InChI is InChI=1S/C8H17NO3S/c1-8-7-9(3-5-12-8)4-6-13(2,10)11/h8H,3-7H2,1-2H3/t8-/m1/s1. The Morgan fingerprint density at radius 1 is 1.54 bits per heavy atom. The topological polar surface area (TPSA) is 46.6 Å². The Bertz CT molecular complexity index is 250. The Balaban J connectivity index is 2.29. The second kappa shape index (κ2) is 4.39. The normalized spacial score (nSPS) is 26.2. The third-order valence-corrected chi connectivity index (χ3v) is 3.03. The van der Waals surface area contributed by atoms with Crippen LogP contribution in [0, 0.1) is 0 Å². The van der Waals surface area contributed by atoms with E-state index in [1.807, 2.05) is 6.92 Å². The summed E-state index contributed by atoms with van der Waals surface area (Å²) in [6.07, 6.45) is 1.50. The second-order valence-electron chi connectivity index (χ2n) is 3.61. The lowest BCUT2D eigenvalue weighted by atomic mass is 10.3. The highest BCUT2D eigenvalue weighted by atomic mass is 32.2. The van der Waals surface area contributed by atoms with Gasteiger partial charge in [0.1, 0.15) is 9.84 Å². The average Bonchev–Trinajstić information content (AvgIpc) is 2.00. The molecule has 4 nitrogen and oxygen atoms in total. The van der Waals surface area contributed by atoms with Gasteiger partial charge in [-0.05, 0) is 6.92 Å². The maximum absolute atomic E-state index is 10.9. The molecular weight excluding hydrogens is 190 g/mol. The minimum Gasteiger partial charge on any atom is -0.376 e. The molecule has 0 radical (unpaired) electrons. The molecule has 1 fully saturated rings. The first-order valence-electron chi connectivity index (χ1n) is 4.49. The van der Waals surface area contributed by atoms with Gasteiger partial charge in [0.05, 0.1) is 18.5 Å². The molecule has 78 valence electrons. The average molecular weight is 207 g/mol. The van der Waals surface area contributed by atoms with Crippen LogP contribution in [0.4, 0.5) is 0 Å². The van der Waals surface area contributed by atoms with Crippen molar-refractivity contribution in [2.45, 2.75) is 13.0 Å². The van der Waals surface area contributed by atoms with Crippen LogP contribution in [0.1, 0.15) is 6.92 Å². The van der Waals surface area contributed by atoms with Crippen molar-refractivity contribution in [1.82, 2.24) is 4.90 Å². The fourth-order valence-electron chi connectivity index (χ4n) is 1.39. The number of nitrogens with zero attached hydrogens (tertiary/aromatic N) is 1. The molecule has 0 aromatic rings. The molecule has 0 saturated carbocycles. The van der Waals surface area contributed by atoms with Crippen molar-refractivity contribution < 1.29 is 13.2 Å². The fourth-order valence-corrected chi connectivity index (χ4v) is 1.98.